The molecule has 0 unspecified atom stereocenters. The highest BCUT2D eigenvalue weighted by Gasteiger charge is 2.49. The Morgan fingerprint density at radius 2 is 1.00 bits per heavy atom. The van der Waals surface area contributed by atoms with Gasteiger partial charge in [-0.2, -0.15) is 0 Å². The molecule has 0 aromatic heterocycles. The van der Waals surface area contributed by atoms with Crippen LogP contribution in [0, 0.1) is 0 Å². The van der Waals surface area contributed by atoms with Gasteiger partial charge in [0, 0.05) is 14.1 Å². The summed E-state index contributed by atoms with van der Waals surface area (Å²) in [6, 6.07) is 39.5. The molecule has 4 aromatic carbocycles. The lowest BCUT2D eigenvalue weighted by Gasteiger charge is -2.46. The summed E-state index contributed by atoms with van der Waals surface area (Å²) in [4.78, 5) is 14.5. The summed E-state index contributed by atoms with van der Waals surface area (Å²) >= 11 is 0. The van der Waals surface area contributed by atoms with Crippen molar-refractivity contribution in [2.45, 2.75) is 57.1 Å². The zero-order chi connectivity index (χ0) is 31.3. The SMILES string of the molecule is CN(C)C(=O)N[C@H]1O[C@H](COCc2ccccc2)[C@H](OCc2ccccc2)[C@H](OCc2ccccc2)[C@H]1OCc1ccccc1. The first-order chi connectivity index (χ1) is 22.1. The van der Waals surface area contributed by atoms with Crippen LogP contribution in [0.5, 0.6) is 0 Å². The Morgan fingerprint density at radius 1 is 0.600 bits per heavy atom. The molecule has 1 saturated heterocycles. The molecule has 0 radical (unpaired) electrons. The Balaban J connectivity index is 1.45. The van der Waals surface area contributed by atoms with Gasteiger partial charge in [-0.1, -0.05) is 121 Å². The van der Waals surface area contributed by atoms with Crippen molar-refractivity contribution in [3.05, 3.63) is 144 Å². The van der Waals surface area contributed by atoms with E-state index in [4.69, 9.17) is 23.7 Å². The van der Waals surface area contributed by atoms with E-state index in [0.29, 0.717) is 26.4 Å². The number of ether oxygens (including phenoxy) is 5. The van der Waals surface area contributed by atoms with Gasteiger partial charge in [0.25, 0.3) is 0 Å². The number of hydrogen-bond donors (Lipinski definition) is 1. The van der Waals surface area contributed by atoms with Gasteiger partial charge in [0.05, 0.1) is 33.0 Å². The maximum Gasteiger partial charge on any atom is 0.318 e. The van der Waals surface area contributed by atoms with Crippen molar-refractivity contribution in [2.75, 3.05) is 20.7 Å². The fraction of sp³-hybridized carbons (Fsp3) is 0.324. The number of carbonyl (C=O) groups excluding carboxylic acids is 1. The lowest BCUT2D eigenvalue weighted by atomic mass is 9.97. The van der Waals surface area contributed by atoms with Crippen molar-refractivity contribution in [1.82, 2.24) is 10.2 Å². The molecule has 45 heavy (non-hydrogen) atoms. The Hall–Kier alpha value is -4.05. The standard InChI is InChI=1S/C37H42N2O6/c1-39(2)37(40)38-36-35(44-26-31-21-13-6-14-22-31)34(43-25-30-19-11-5-12-20-30)33(42-24-29-17-9-4-10-18-29)32(45-36)27-41-23-28-15-7-3-8-16-28/h3-22,32-36H,23-27H2,1-2H3,(H,38,40)/t32-,33+,34+,35-,36+/m1/s1. The summed E-state index contributed by atoms with van der Waals surface area (Å²) in [5.41, 5.74) is 4.08. The molecule has 4 aromatic rings. The van der Waals surface area contributed by atoms with E-state index in [0.717, 1.165) is 22.3 Å². The number of rotatable bonds is 14. The largest absolute Gasteiger partial charge is 0.374 e. The van der Waals surface area contributed by atoms with Crippen LogP contribution in [0.1, 0.15) is 22.3 Å². The monoisotopic (exact) mass is 610 g/mol. The van der Waals surface area contributed by atoms with E-state index < -0.39 is 30.6 Å². The van der Waals surface area contributed by atoms with Crippen molar-refractivity contribution < 1.29 is 28.5 Å². The highest BCUT2D eigenvalue weighted by molar-refractivity contribution is 5.73. The second-order valence-electron chi connectivity index (χ2n) is 11.2. The fourth-order valence-electron chi connectivity index (χ4n) is 5.16. The molecule has 1 heterocycles. The Morgan fingerprint density at radius 3 is 1.44 bits per heavy atom. The normalized spacial score (nSPS) is 21.2. The fourth-order valence-corrected chi connectivity index (χ4v) is 5.16. The molecule has 8 heteroatoms. The first-order valence-corrected chi connectivity index (χ1v) is 15.3. The molecule has 5 rings (SSSR count). The summed E-state index contributed by atoms with van der Waals surface area (Å²) < 4.78 is 32.7. The maximum absolute atomic E-state index is 13.0. The Labute approximate surface area is 265 Å². The lowest BCUT2D eigenvalue weighted by Crippen LogP contribution is -2.65. The molecule has 236 valence electrons. The molecule has 1 N–H and O–H groups in total. The molecule has 0 bridgehead atoms. The molecule has 1 aliphatic rings. The number of nitrogens with zero attached hydrogens (tertiary/aromatic N) is 1. The van der Waals surface area contributed by atoms with Crippen LogP contribution >= 0.6 is 0 Å². The highest BCUT2D eigenvalue weighted by atomic mass is 16.6. The summed E-state index contributed by atoms with van der Waals surface area (Å²) in [5.74, 6) is 0. The van der Waals surface area contributed by atoms with Gasteiger partial charge in [-0.25, -0.2) is 4.79 Å². The van der Waals surface area contributed by atoms with E-state index in [2.05, 4.69) is 5.32 Å². The summed E-state index contributed by atoms with van der Waals surface area (Å²) in [5, 5.41) is 3.01. The third-order valence-corrected chi connectivity index (χ3v) is 7.56. The van der Waals surface area contributed by atoms with Gasteiger partial charge in [-0.15, -0.1) is 0 Å². The Bertz CT molecular complexity index is 1410. The predicted molar refractivity (Wildman–Crippen MR) is 172 cm³/mol. The molecule has 0 aliphatic carbocycles. The van der Waals surface area contributed by atoms with Gasteiger partial charge < -0.3 is 33.9 Å². The first-order valence-electron chi connectivity index (χ1n) is 15.3. The van der Waals surface area contributed by atoms with Crippen molar-refractivity contribution >= 4 is 6.03 Å². The van der Waals surface area contributed by atoms with E-state index in [9.17, 15) is 4.79 Å². The van der Waals surface area contributed by atoms with E-state index >= 15 is 0 Å². The van der Waals surface area contributed by atoms with Crippen LogP contribution in [0.3, 0.4) is 0 Å². The van der Waals surface area contributed by atoms with Crippen molar-refractivity contribution in [3.8, 4) is 0 Å². The summed E-state index contributed by atoms with van der Waals surface area (Å²) in [6.45, 7) is 1.60. The average Bonchev–Trinajstić information content (AvgIpc) is 3.08. The molecule has 5 atom stereocenters. The van der Waals surface area contributed by atoms with Crippen LogP contribution in [0.2, 0.25) is 0 Å². The number of carbonyl (C=O) groups is 1. The topological polar surface area (TPSA) is 78.5 Å². The zero-order valence-electron chi connectivity index (χ0n) is 25.9. The van der Waals surface area contributed by atoms with E-state index in [1.54, 1.807) is 14.1 Å². The van der Waals surface area contributed by atoms with Gasteiger partial charge in [0.1, 0.15) is 24.4 Å². The maximum atomic E-state index is 13.0. The van der Waals surface area contributed by atoms with Gasteiger partial charge in [-0.05, 0) is 22.3 Å². The van der Waals surface area contributed by atoms with E-state index in [-0.39, 0.29) is 12.6 Å². The van der Waals surface area contributed by atoms with Crippen LogP contribution < -0.4 is 5.32 Å². The molecular formula is C37H42N2O6. The van der Waals surface area contributed by atoms with E-state index in [1.165, 1.54) is 4.90 Å². The van der Waals surface area contributed by atoms with Gasteiger partial charge in [-0.3, -0.25) is 0 Å². The quantitative estimate of drug-likeness (QED) is 0.190. The highest BCUT2D eigenvalue weighted by Crippen LogP contribution is 2.30. The third-order valence-electron chi connectivity index (χ3n) is 7.56. The molecule has 1 aliphatic heterocycles. The first kappa shape index (κ1) is 32.3. The Kier molecular flexibility index (Phi) is 12.1. The lowest BCUT2D eigenvalue weighted by molar-refractivity contribution is -0.276. The van der Waals surface area contributed by atoms with Gasteiger partial charge in [0.15, 0.2) is 6.23 Å². The minimum Gasteiger partial charge on any atom is -0.374 e. The smallest absolute Gasteiger partial charge is 0.318 e. The van der Waals surface area contributed by atoms with Crippen molar-refractivity contribution in [3.63, 3.8) is 0 Å². The molecule has 0 saturated carbocycles. The predicted octanol–water partition coefficient (Wildman–Crippen LogP) is 5.96. The third kappa shape index (κ3) is 9.72. The van der Waals surface area contributed by atoms with Crippen molar-refractivity contribution in [1.29, 1.82) is 0 Å². The van der Waals surface area contributed by atoms with Crippen LogP contribution in [-0.2, 0) is 50.1 Å². The minimum absolute atomic E-state index is 0.222. The number of urea groups is 1. The zero-order valence-corrected chi connectivity index (χ0v) is 25.9. The van der Waals surface area contributed by atoms with Gasteiger partial charge in [0.2, 0.25) is 0 Å². The summed E-state index contributed by atoms with van der Waals surface area (Å²) in [7, 11) is 3.38. The van der Waals surface area contributed by atoms with Crippen LogP contribution in [0.15, 0.2) is 121 Å². The van der Waals surface area contributed by atoms with Gasteiger partial charge >= 0.3 is 6.03 Å². The molecule has 0 spiro atoms. The van der Waals surface area contributed by atoms with Crippen LogP contribution in [0.25, 0.3) is 0 Å². The second kappa shape index (κ2) is 16.9. The van der Waals surface area contributed by atoms with E-state index in [1.807, 2.05) is 121 Å². The van der Waals surface area contributed by atoms with Crippen LogP contribution in [0.4, 0.5) is 4.79 Å². The number of nitrogens with one attached hydrogen (secondary N) is 1. The number of benzene rings is 4. The molecule has 2 amide bonds. The number of amides is 2. The second-order valence-corrected chi connectivity index (χ2v) is 11.2. The molecular weight excluding hydrogens is 568 g/mol. The number of hydrogen-bond acceptors (Lipinski definition) is 6. The minimum atomic E-state index is -0.828. The molecule has 1 fully saturated rings. The molecule has 8 nitrogen and oxygen atoms in total. The summed E-state index contributed by atoms with van der Waals surface area (Å²) in [6.07, 6.45) is -3.26. The van der Waals surface area contributed by atoms with Crippen LogP contribution in [-0.4, -0.2) is 62.3 Å². The average molecular weight is 611 g/mol. The van der Waals surface area contributed by atoms with Crippen molar-refractivity contribution in [2.24, 2.45) is 0 Å².